The Kier molecular flexibility index (Phi) is 8.85. The van der Waals surface area contributed by atoms with Gasteiger partial charge in [-0.15, -0.1) is 11.8 Å². The van der Waals surface area contributed by atoms with Gasteiger partial charge in [-0.1, -0.05) is 31.2 Å². The third-order valence-corrected chi connectivity index (χ3v) is 8.23. The number of likely N-dealkylation sites (tertiary alicyclic amines) is 1. The van der Waals surface area contributed by atoms with E-state index in [1.54, 1.807) is 11.8 Å². The van der Waals surface area contributed by atoms with Gasteiger partial charge in [0.1, 0.15) is 23.0 Å². The molecule has 0 atom stereocenters. The van der Waals surface area contributed by atoms with Crippen LogP contribution in [0.5, 0.6) is 0 Å². The maximum Gasteiger partial charge on any atom is 0.217 e. The monoisotopic (exact) mass is 502 g/mol. The molecular formula is C28H34N6OS. The van der Waals surface area contributed by atoms with E-state index < -0.39 is 0 Å². The van der Waals surface area contributed by atoms with Crippen molar-refractivity contribution in [3.8, 4) is 12.1 Å². The largest absolute Gasteiger partial charge is 0.355 e. The molecule has 2 aliphatic heterocycles. The van der Waals surface area contributed by atoms with Crippen LogP contribution in [0.1, 0.15) is 67.3 Å². The van der Waals surface area contributed by atoms with Gasteiger partial charge in [-0.2, -0.15) is 10.5 Å². The summed E-state index contributed by atoms with van der Waals surface area (Å²) in [6.07, 6.45) is 5.39. The van der Waals surface area contributed by atoms with Gasteiger partial charge >= 0.3 is 0 Å². The van der Waals surface area contributed by atoms with Crippen molar-refractivity contribution < 1.29 is 4.79 Å². The van der Waals surface area contributed by atoms with Gasteiger partial charge in [-0.25, -0.2) is 4.98 Å². The van der Waals surface area contributed by atoms with Crippen LogP contribution < -0.4 is 10.2 Å². The van der Waals surface area contributed by atoms with Crippen molar-refractivity contribution in [2.24, 2.45) is 0 Å². The van der Waals surface area contributed by atoms with E-state index in [0.717, 1.165) is 48.4 Å². The second-order valence-corrected chi connectivity index (χ2v) is 10.5. The first-order valence-corrected chi connectivity index (χ1v) is 13.8. The highest BCUT2D eigenvalue weighted by molar-refractivity contribution is 7.98. The second kappa shape index (κ2) is 12.3. The van der Waals surface area contributed by atoms with Crippen molar-refractivity contribution in [1.29, 1.82) is 10.5 Å². The molecule has 0 spiro atoms. The first-order chi connectivity index (χ1) is 17.5. The van der Waals surface area contributed by atoms with E-state index in [1.165, 1.54) is 32.9 Å². The SMILES string of the molecule is CCc1c(C#N)c(SCc2ccc(CNC(C)=O)cc2)nc(N2CCC(N3CCCC3)CC2)c1C#N. The van der Waals surface area contributed by atoms with Crippen LogP contribution in [0.25, 0.3) is 0 Å². The lowest BCUT2D eigenvalue weighted by Gasteiger charge is -2.37. The number of benzene rings is 1. The lowest BCUT2D eigenvalue weighted by molar-refractivity contribution is -0.119. The molecule has 2 aliphatic rings. The number of thioether (sulfide) groups is 1. The van der Waals surface area contributed by atoms with Crippen molar-refractivity contribution >= 4 is 23.5 Å². The molecule has 2 fully saturated rings. The molecule has 2 aromatic rings. The standard InChI is InChI=1S/C28H34N6OS/c1-3-24-25(16-29)27(34-14-10-23(11-15-34)33-12-4-5-13-33)32-28(26(24)17-30)36-19-22-8-6-21(7-9-22)18-31-20(2)35/h6-9,23H,3-5,10-15,18-19H2,1-2H3,(H,31,35). The molecule has 8 heteroatoms. The van der Waals surface area contributed by atoms with Crippen LogP contribution in [0.4, 0.5) is 5.82 Å². The Balaban J connectivity index is 1.52. The molecule has 0 radical (unpaired) electrons. The molecule has 3 heterocycles. The average Bonchev–Trinajstić information content (AvgIpc) is 3.45. The van der Waals surface area contributed by atoms with E-state index in [1.807, 2.05) is 31.2 Å². The molecule has 1 N–H and O–H groups in total. The summed E-state index contributed by atoms with van der Waals surface area (Å²) < 4.78 is 0. The fourth-order valence-electron chi connectivity index (χ4n) is 5.20. The van der Waals surface area contributed by atoms with E-state index >= 15 is 0 Å². The summed E-state index contributed by atoms with van der Waals surface area (Å²) in [4.78, 5) is 21.0. The van der Waals surface area contributed by atoms with Crippen LogP contribution in [0.2, 0.25) is 0 Å². The molecule has 2 saturated heterocycles. The zero-order valence-electron chi connectivity index (χ0n) is 21.2. The van der Waals surface area contributed by atoms with Crippen LogP contribution in [0, 0.1) is 22.7 Å². The fraction of sp³-hybridized carbons (Fsp3) is 0.500. The van der Waals surface area contributed by atoms with Gasteiger partial charge in [0.15, 0.2) is 0 Å². The number of anilines is 1. The van der Waals surface area contributed by atoms with Crippen LogP contribution in [0.15, 0.2) is 29.3 Å². The lowest BCUT2D eigenvalue weighted by Crippen LogP contribution is -2.44. The van der Waals surface area contributed by atoms with Gasteiger partial charge in [0.25, 0.3) is 0 Å². The fourth-order valence-corrected chi connectivity index (χ4v) is 6.16. The number of hydrogen-bond acceptors (Lipinski definition) is 7. The molecule has 188 valence electrons. The Labute approximate surface area is 218 Å². The van der Waals surface area contributed by atoms with Crippen LogP contribution in [-0.4, -0.2) is 48.0 Å². The van der Waals surface area contributed by atoms with E-state index in [0.29, 0.717) is 40.9 Å². The number of aromatic nitrogens is 1. The van der Waals surface area contributed by atoms with Crippen LogP contribution >= 0.6 is 11.8 Å². The Morgan fingerprint density at radius 2 is 1.69 bits per heavy atom. The number of amides is 1. The summed E-state index contributed by atoms with van der Waals surface area (Å²) in [5, 5.41) is 23.5. The number of hydrogen-bond donors (Lipinski definition) is 1. The average molecular weight is 503 g/mol. The van der Waals surface area contributed by atoms with Crippen molar-refractivity contribution in [3.63, 3.8) is 0 Å². The van der Waals surface area contributed by atoms with Crippen molar-refractivity contribution in [3.05, 3.63) is 52.1 Å². The van der Waals surface area contributed by atoms with Gasteiger partial charge < -0.3 is 15.1 Å². The molecule has 36 heavy (non-hydrogen) atoms. The van der Waals surface area contributed by atoms with Gasteiger partial charge in [0.05, 0.1) is 11.1 Å². The minimum atomic E-state index is -0.0478. The minimum absolute atomic E-state index is 0.0478. The quantitative estimate of drug-likeness (QED) is 0.535. The third-order valence-electron chi connectivity index (χ3n) is 7.19. The number of nitrogens with one attached hydrogen (secondary N) is 1. The summed E-state index contributed by atoms with van der Waals surface area (Å²) in [6.45, 7) is 8.21. The molecule has 1 aromatic carbocycles. The van der Waals surface area contributed by atoms with Crippen molar-refractivity contribution in [2.75, 3.05) is 31.1 Å². The molecule has 1 aromatic heterocycles. The number of nitrogens with zero attached hydrogens (tertiary/aromatic N) is 5. The molecule has 0 bridgehead atoms. The predicted octanol–water partition coefficient (Wildman–Crippen LogP) is 4.38. The van der Waals surface area contributed by atoms with Gasteiger partial charge in [-0.3, -0.25) is 4.79 Å². The molecule has 0 aliphatic carbocycles. The second-order valence-electron chi connectivity index (χ2n) is 9.52. The topological polar surface area (TPSA) is 96.0 Å². The van der Waals surface area contributed by atoms with Crippen molar-refractivity contribution in [1.82, 2.24) is 15.2 Å². The first kappa shape index (κ1) is 26.0. The maximum absolute atomic E-state index is 11.1. The van der Waals surface area contributed by atoms with E-state index in [9.17, 15) is 15.3 Å². The number of carbonyl (C=O) groups is 1. The number of rotatable bonds is 8. The van der Waals surface area contributed by atoms with Gasteiger partial charge in [-0.05, 0) is 61.9 Å². The van der Waals surface area contributed by atoms with E-state index in [4.69, 9.17) is 4.98 Å². The number of pyridine rings is 1. The molecule has 1 amide bonds. The first-order valence-electron chi connectivity index (χ1n) is 12.8. The minimum Gasteiger partial charge on any atom is -0.355 e. The zero-order valence-corrected chi connectivity index (χ0v) is 22.0. The van der Waals surface area contributed by atoms with Gasteiger partial charge in [0, 0.05) is 38.4 Å². The Morgan fingerprint density at radius 3 is 2.28 bits per heavy atom. The summed E-state index contributed by atoms with van der Waals surface area (Å²) in [5.74, 6) is 1.36. The Bertz CT molecular complexity index is 1150. The summed E-state index contributed by atoms with van der Waals surface area (Å²) in [5.41, 5.74) is 4.05. The summed E-state index contributed by atoms with van der Waals surface area (Å²) in [7, 11) is 0. The zero-order chi connectivity index (χ0) is 25.5. The van der Waals surface area contributed by atoms with Crippen molar-refractivity contribution in [2.45, 2.75) is 69.3 Å². The molecule has 7 nitrogen and oxygen atoms in total. The molecule has 0 saturated carbocycles. The van der Waals surface area contributed by atoms with Gasteiger partial charge in [0.2, 0.25) is 5.91 Å². The summed E-state index contributed by atoms with van der Waals surface area (Å²) in [6, 6.07) is 13.5. The third kappa shape index (κ3) is 6.00. The Hall–Kier alpha value is -3.07. The lowest BCUT2D eigenvalue weighted by atomic mass is 9.99. The smallest absolute Gasteiger partial charge is 0.217 e. The molecule has 0 unspecified atom stereocenters. The van der Waals surface area contributed by atoms with Crippen LogP contribution in [-0.2, 0) is 23.5 Å². The number of nitriles is 2. The van der Waals surface area contributed by atoms with E-state index in [2.05, 4.69) is 27.3 Å². The van der Waals surface area contributed by atoms with E-state index in [-0.39, 0.29) is 5.91 Å². The number of piperidine rings is 1. The predicted molar refractivity (Wildman–Crippen MR) is 143 cm³/mol. The highest BCUT2D eigenvalue weighted by Crippen LogP contribution is 2.35. The molecular weight excluding hydrogens is 468 g/mol. The summed E-state index contributed by atoms with van der Waals surface area (Å²) >= 11 is 1.55. The molecule has 4 rings (SSSR count). The number of carbonyl (C=O) groups excluding carboxylic acids is 1. The Morgan fingerprint density at radius 1 is 1.06 bits per heavy atom. The highest BCUT2D eigenvalue weighted by atomic mass is 32.2. The van der Waals surface area contributed by atoms with Crippen LogP contribution in [0.3, 0.4) is 0 Å². The highest BCUT2D eigenvalue weighted by Gasteiger charge is 2.29. The normalized spacial score (nSPS) is 16.5. The maximum atomic E-state index is 11.1.